The van der Waals surface area contributed by atoms with Crippen molar-refractivity contribution >= 4 is 29.9 Å². The van der Waals surface area contributed by atoms with E-state index in [1.165, 1.54) is 29.7 Å². The first-order valence-corrected chi connectivity index (χ1v) is 9.93. The molecule has 28 heavy (non-hydrogen) atoms. The fraction of sp³-hybridized carbons (Fsp3) is 0.545. The van der Waals surface area contributed by atoms with Crippen LogP contribution in [0.5, 0.6) is 0 Å². The van der Waals surface area contributed by atoms with Crippen molar-refractivity contribution in [3.63, 3.8) is 0 Å². The van der Waals surface area contributed by atoms with Gasteiger partial charge in [0.15, 0.2) is 5.96 Å². The molecule has 1 aliphatic carbocycles. The molecule has 1 unspecified atom stereocenters. The Kier molecular flexibility index (Phi) is 7.92. The summed E-state index contributed by atoms with van der Waals surface area (Å²) < 4.78 is 1.96. The Hall–Kier alpha value is -1.57. The second kappa shape index (κ2) is 9.76. The first-order valence-electron chi connectivity index (χ1n) is 9.93. The fourth-order valence-electron chi connectivity index (χ4n) is 3.79. The maximum Gasteiger partial charge on any atom is 0.191 e. The Morgan fingerprint density at radius 1 is 1.25 bits per heavy atom. The summed E-state index contributed by atoms with van der Waals surface area (Å²) in [5, 5.41) is 11.6. The highest BCUT2D eigenvalue weighted by Gasteiger charge is 2.42. The number of guanidine groups is 1. The van der Waals surface area contributed by atoms with Crippen LogP contribution in [0.25, 0.3) is 0 Å². The Balaban J connectivity index is 0.00000280. The molecule has 1 aliphatic rings. The number of hydrogen-bond acceptors (Lipinski definition) is 2. The molecule has 154 valence electrons. The first kappa shape index (κ1) is 22.7. The van der Waals surface area contributed by atoms with Crippen LogP contribution in [0.2, 0.25) is 0 Å². The minimum Gasteiger partial charge on any atom is -0.356 e. The predicted molar refractivity (Wildman–Crippen MR) is 128 cm³/mol. The van der Waals surface area contributed by atoms with E-state index < -0.39 is 0 Å². The molecule has 0 aliphatic heterocycles. The van der Waals surface area contributed by atoms with Crippen molar-refractivity contribution in [1.29, 1.82) is 0 Å². The molecule has 0 amide bonds. The monoisotopic (exact) mass is 495 g/mol. The molecule has 2 N–H and O–H groups in total. The largest absolute Gasteiger partial charge is 0.356 e. The van der Waals surface area contributed by atoms with Crippen LogP contribution >= 0.6 is 24.0 Å². The number of aryl methyl sites for hydroxylation is 2. The molecule has 0 radical (unpaired) electrons. The van der Waals surface area contributed by atoms with Gasteiger partial charge in [-0.15, -0.1) is 24.0 Å². The van der Waals surface area contributed by atoms with Gasteiger partial charge in [-0.1, -0.05) is 30.3 Å². The normalized spacial score (nSPS) is 16.2. The highest BCUT2D eigenvalue weighted by atomic mass is 127. The van der Waals surface area contributed by atoms with Crippen LogP contribution in [0.1, 0.15) is 42.3 Å². The van der Waals surface area contributed by atoms with Crippen molar-refractivity contribution in [2.24, 2.45) is 17.5 Å². The lowest BCUT2D eigenvalue weighted by Gasteiger charge is -2.21. The van der Waals surface area contributed by atoms with Gasteiger partial charge in [-0.3, -0.25) is 9.67 Å². The Bertz CT molecular complexity index is 793. The summed E-state index contributed by atoms with van der Waals surface area (Å²) in [6.07, 6.45) is 4.66. The third-order valence-corrected chi connectivity index (χ3v) is 5.79. The summed E-state index contributed by atoms with van der Waals surface area (Å²) in [4.78, 5) is 4.43. The number of nitrogens with one attached hydrogen (secondary N) is 2. The van der Waals surface area contributed by atoms with Gasteiger partial charge in [0.2, 0.25) is 0 Å². The van der Waals surface area contributed by atoms with Gasteiger partial charge >= 0.3 is 0 Å². The molecule has 1 saturated carbocycles. The van der Waals surface area contributed by atoms with Gasteiger partial charge in [-0.05, 0) is 63.0 Å². The number of hydrogen-bond donors (Lipinski definition) is 2. The number of halogens is 1. The van der Waals surface area contributed by atoms with Gasteiger partial charge in [-0.25, -0.2) is 0 Å². The summed E-state index contributed by atoms with van der Waals surface area (Å²) in [6, 6.07) is 11.1. The zero-order valence-corrected chi connectivity index (χ0v) is 20.1. The van der Waals surface area contributed by atoms with E-state index in [1.807, 2.05) is 18.8 Å². The molecule has 1 heterocycles. The molecule has 1 fully saturated rings. The maximum atomic E-state index is 4.52. The van der Waals surface area contributed by atoms with Crippen molar-refractivity contribution in [2.75, 3.05) is 13.6 Å². The van der Waals surface area contributed by atoms with E-state index in [2.05, 4.69) is 71.8 Å². The van der Waals surface area contributed by atoms with E-state index in [-0.39, 0.29) is 24.0 Å². The van der Waals surface area contributed by atoms with Crippen LogP contribution in [0.4, 0.5) is 0 Å². The Morgan fingerprint density at radius 2 is 1.93 bits per heavy atom. The number of aromatic nitrogens is 2. The molecule has 0 saturated heterocycles. The minimum absolute atomic E-state index is 0. The van der Waals surface area contributed by atoms with Crippen molar-refractivity contribution in [3.05, 3.63) is 52.8 Å². The number of benzene rings is 1. The topological polar surface area (TPSA) is 54.2 Å². The van der Waals surface area contributed by atoms with Crippen LogP contribution in [-0.2, 0) is 19.9 Å². The second-order valence-corrected chi connectivity index (χ2v) is 8.11. The van der Waals surface area contributed by atoms with Gasteiger partial charge in [-0.2, -0.15) is 5.10 Å². The van der Waals surface area contributed by atoms with E-state index in [4.69, 9.17) is 0 Å². The first-order chi connectivity index (χ1) is 12.9. The van der Waals surface area contributed by atoms with E-state index in [1.54, 1.807) is 0 Å². The van der Waals surface area contributed by atoms with Gasteiger partial charge in [0.25, 0.3) is 0 Å². The molecule has 3 rings (SSSR count). The van der Waals surface area contributed by atoms with Crippen molar-refractivity contribution in [2.45, 2.75) is 52.5 Å². The van der Waals surface area contributed by atoms with Crippen LogP contribution in [-0.4, -0.2) is 35.4 Å². The molecular weight excluding hydrogens is 461 g/mol. The summed E-state index contributed by atoms with van der Waals surface area (Å²) in [6.45, 7) is 7.40. The number of aliphatic imine (C=N–C) groups is 1. The predicted octanol–water partition coefficient (Wildman–Crippen LogP) is 3.77. The van der Waals surface area contributed by atoms with Crippen LogP contribution < -0.4 is 10.6 Å². The van der Waals surface area contributed by atoms with E-state index in [0.717, 1.165) is 31.0 Å². The molecular formula is C22H34IN5. The van der Waals surface area contributed by atoms with Crippen LogP contribution in [0.3, 0.4) is 0 Å². The summed E-state index contributed by atoms with van der Waals surface area (Å²) >= 11 is 0. The van der Waals surface area contributed by atoms with Gasteiger partial charge in [0, 0.05) is 32.4 Å². The summed E-state index contributed by atoms with van der Waals surface area (Å²) in [7, 11) is 3.85. The van der Waals surface area contributed by atoms with E-state index in [9.17, 15) is 0 Å². The van der Waals surface area contributed by atoms with Gasteiger partial charge in [0.05, 0.1) is 5.69 Å². The minimum atomic E-state index is 0. The SMILES string of the molecule is CN=C(NCC1(Cc2ccccc2)CC1)NC(C)Cc1c(C)nn(C)c1C.I. The number of nitrogens with zero attached hydrogens (tertiary/aromatic N) is 3. The average Bonchev–Trinajstić information content (AvgIpc) is 3.37. The molecule has 0 spiro atoms. The van der Waals surface area contributed by atoms with Crippen molar-refractivity contribution in [3.8, 4) is 0 Å². The standard InChI is InChI=1S/C22H33N5.HI/c1-16(13-20-17(2)26-27(5)18(20)3)25-21(23-4)24-15-22(11-12-22)14-19-9-7-6-8-10-19;/h6-10,16H,11-15H2,1-5H3,(H2,23,24,25);1H. The molecule has 5 nitrogen and oxygen atoms in total. The van der Waals surface area contributed by atoms with Crippen molar-refractivity contribution in [1.82, 2.24) is 20.4 Å². The molecule has 1 atom stereocenters. The molecule has 2 aromatic rings. The lowest BCUT2D eigenvalue weighted by Crippen LogP contribution is -2.45. The van der Waals surface area contributed by atoms with E-state index >= 15 is 0 Å². The third-order valence-electron chi connectivity index (χ3n) is 5.79. The van der Waals surface area contributed by atoms with E-state index in [0.29, 0.717) is 11.5 Å². The third kappa shape index (κ3) is 5.72. The molecule has 0 bridgehead atoms. The zero-order chi connectivity index (χ0) is 19.4. The second-order valence-electron chi connectivity index (χ2n) is 8.11. The molecule has 6 heteroatoms. The highest BCUT2D eigenvalue weighted by molar-refractivity contribution is 14.0. The summed E-state index contributed by atoms with van der Waals surface area (Å²) in [5.74, 6) is 0.890. The quantitative estimate of drug-likeness (QED) is 0.350. The van der Waals surface area contributed by atoms with Crippen LogP contribution in [0, 0.1) is 19.3 Å². The van der Waals surface area contributed by atoms with Crippen LogP contribution in [0.15, 0.2) is 35.3 Å². The summed E-state index contributed by atoms with van der Waals surface area (Å²) in [5.41, 5.74) is 5.50. The highest BCUT2D eigenvalue weighted by Crippen LogP contribution is 2.47. The molecule has 1 aromatic carbocycles. The van der Waals surface area contributed by atoms with Gasteiger partial charge < -0.3 is 10.6 Å². The molecule has 1 aromatic heterocycles. The zero-order valence-electron chi connectivity index (χ0n) is 17.7. The fourth-order valence-corrected chi connectivity index (χ4v) is 3.79. The van der Waals surface area contributed by atoms with Gasteiger partial charge in [0.1, 0.15) is 0 Å². The maximum absolute atomic E-state index is 4.52. The smallest absolute Gasteiger partial charge is 0.191 e. The number of rotatable bonds is 7. The Morgan fingerprint density at radius 3 is 2.46 bits per heavy atom. The lowest BCUT2D eigenvalue weighted by atomic mass is 9.96. The lowest BCUT2D eigenvalue weighted by molar-refractivity contribution is 0.489. The Labute approximate surface area is 186 Å². The average molecular weight is 495 g/mol. The van der Waals surface area contributed by atoms with Crippen molar-refractivity contribution < 1.29 is 0 Å².